The Bertz CT molecular complexity index is 682. The van der Waals surface area contributed by atoms with Crippen LogP contribution in [0.5, 0.6) is 5.75 Å². The van der Waals surface area contributed by atoms with Crippen LogP contribution in [0.15, 0.2) is 18.2 Å². The van der Waals surface area contributed by atoms with Crippen LogP contribution < -0.4 is 10.1 Å². The first kappa shape index (κ1) is 21.9. The van der Waals surface area contributed by atoms with Gasteiger partial charge in [-0.1, -0.05) is 6.92 Å². The Labute approximate surface area is 165 Å². The van der Waals surface area contributed by atoms with E-state index < -0.39 is 16.6 Å². The highest BCUT2D eigenvalue weighted by atomic mass is 16.6. The number of ether oxygens (including phenoxy) is 3. The van der Waals surface area contributed by atoms with E-state index in [9.17, 15) is 14.9 Å². The smallest absolute Gasteiger partial charge is 0.407 e. The van der Waals surface area contributed by atoms with E-state index in [4.69, 9.17) is 14.2 Å². The quantitative estimate of drug-likeness (QED) is 0.471. The van der Waals surface area contributed by atoms with E-state index in [-0.39, 0.29) is 24.3 Å². The van der Waals surface area contributed by atoms with Crippen LogP contribution in [0.4, 0.5) is 10.5 Å². The minimum Gasteiger partial charge on any atom is -0.490 e. The van der Waals surface area contributed by atoms with Crippen molar-refractivity contribution < 1.29 is 23.9 Å². The largest absolute Gasteiger partial charge is 0.490 e. The van der Waals surface area contributed by atoms with Crippen LogP contribution in [0.2, 0.25) is 0 Å². The highest BCUT2D eigenvalue weighted by Gasteiger charge is 2.25. The van der Waals surface area contributed by atoms with Crippen LogP contribution in [0.1, 0.15) is 52.5 Å². The second-order valence-corrected chi connectivity index (χ2v) is 8.20. The highest BCUT2D eigenvalue weighted by Crippen LogP contribution is 2.31. The molecule has 1 fully saturated rings. The molecule has 1 unspecified atom stereocenters. The number of rotatable bonds is 10. The van der Waals surface area contributed by atoms with E-state index in [1.165, 1.54) is 12.1 Å². The molecule has 0 saturated heterocycles. The van der Waals surface area contributed by atoms with Crippen molar-refractivity contribution in [3.05, 3.63) is 33.9 Å². The summed E-state index contributed by atoms with van der Waals surface area (Å²) in [7, 11) is 0. The second kappa shape index (κ2) is 9.73. The van der Waals surface area contributed by atoms with E-state index >= 15 is 0 Å². The van der Waals surface area contributed by atoms with E-state index in [2.05, 4.69) is 5.32 Å². The maximum absolute atomic E-state index is 11.6. The molecular weight excluding hydrogens is 364 g/mol. The van der Waals surface area contributed by atoms with Crippen molar-refractivity contribution in [3.63, 3.8) is 0 Å². The number of carbonyl (C=O) groups excluding carboxylic acids is 1. The SMILES string of the molecule is CC(CCNC(=O)OC(C)(C)C)COCc1cc([N+](=O)[O-])ccc1OC1CC1. The van der Waals surface area contributed by atoms with Gasteiger partial charge in [-0.05, 0) is 52.0 Å². The average molecular weight is 394 g/mol. The molecule has 1 N–H and O–H groups in total. The lowest BCUT2D eigenvalue weighted by Crippen LogP contribution is -2.33. The monoisotopic (exact) mass is 394 g/mol. The summed E-state index contributed by atoms with van der Waals surface area (Å²) in [6.45, 7) is 8.68. The number of alkyl carbamates (subject to hydrolysis) is 1. The van der Waals surface area contributed by atoms with Crippen LogP contribution in [0, 0.1) is 16.0 Å². The van der Waals surface area contributed by atoms with Gasteiger partial charge in [-0.25, -0.2) is 4.79 Å². The van der Waals surface area contributed by atoms with Crippen molar-refractivity contribution in [1.82, 2.24) is 5.32 Å². The number of benzene rings is 1. The summed E-state index contributed by atoms with van der Waals surface area (Å²) in [5.74, 6) is 0.855. The Morgan fingerprint density at radius 3 is 2.68 bits per heavy atom. The molecule has 1 aromatic carbocycles. The molecule has 0 aliphatic heterocycles. The highest BCUT2D eigenvalue weighted by molar-refractivity contribution is 5.67. The number of hydrogen-bond acceptors (Lipinski definition) is 6. The van der Waals surface area contributed by atoms with Crippen LogP contribution in [0.25, 0.3) is 0 Å². The Morgan fingerprint density at radius 2 is 2.07 bits per heavy atom. The van der Waals surface area contributed by atoms with Gasteiger partial charge in [0.1, 0.15) is 11.4 Å². The van der Waals surface area contributed by atoms with Gasteiger partial charge in [-0.2, -0.15) is 0 Å². The van der Waals surface area contributed by atoms with Crippen molar-refractivity contribution in [2.45, 2.75) is 65.3 Å². The van der Waals surface area contributed by atoms with E-state index in [0.717, 1.165) is 19.3 Å². The predicted molar refractivity (Wildman–Crippen MR) is 104 cm³/mol. The number of nitro benzene ring substituents is 1. The third-order valence-corrected chi connectivity index (χ3v) is 4.04. The van der Waals surface area contributed by atoms with Crippen LogP contribution in [0.3, 0.4) is 0 Å². The van der Waals surface area contributed by atoms with Gasteiger partial charge in [0.05, 0.1) is 17.6 Å². The topological polar surface area (TPSA) is 99.9 Å². The van der Waals surface area contributed by atoms with E-state index in [1.807, 2.05) is 27.7 Å². The lowest BCUT2D eigenvalue weighted by atomic mass is 10.1. The van der Waals surface area contributed by atoms with Gasteiger partial charge in [-0.15, -0.1) is 0 Å². The van der Waals surface area contributed by atoms with Gasteiger partial charge in [0.15, 0.2) is 0 Å². The molecule has 1 atom stereocenters. The summed E-state index contributed by atoms with van der Waals surface area (Å²) >= 11 is 0. The zero-order chi connectivity index (χ0) is 20.7. The van der Waals surface area contributed by atoms with Gasteiger partial charge >= 0.3 is 6.09 Å². The fourth-order valence-electron chi connectivity index (χ4n) is 2.46. The van der Waals surface area contributed by atoms with Crippen LogP contribution in [-0.4, -0.2) is 35.9 Å². The average Bonchev–Trinajstić information content (AvgIpc) is 3.38. The second-order valence-electron chi connectivity index (χ2n) is 8.20. The molecule has 0 bridgehead atoms. The van der Waals surface area contributed by atoms with Crippen molar-refractivity contribution in [1.29, 1.82) is 0 Å². The molecule has 2 rings (SSSR count). The van der Waals surface area contributed by atoms with Crippen molar-refractivity contribution >= 4 is 11.8 Å². The molecule has 1 aliphatic carbocycles. The molecule has 1 aliphatic rings. The zero-order valence-corrected chi connectivity index (χ0v) is 17.0. The number of nitrogens with zero attached hydrogens (tertiary/aromatic N) is 1. The van der Waals surface area contributed by atoms with E-state index in [1.54, 1.807) is 6.07 Å². The number of amides is 1. The lowest BCUT2D eigenvalue weighted by molar-refractivity contribution is -0.385. The Kier molecular flexibility index (Phi) is 7.62. The van der Waals surface area contributed by atoms with E-state index in [0.29, 0.717) is 24.5 Å². The number of nitrogens with one attached hydrogen (secondary N) is 1. The zero-order valence-electron chi connectivity index (χ0n) is 17.0. The minimum absolute atomic E-state index is 0.0244. The molecule has 1 amide bonds. The molecule has 0 heterocycles. The number of carbonyl (C=O) groups is 1. The Hall–Kier alpha value is -2.35. The van der Waals surface area contributed by atoms with Gasteiger partial charge < -0.3 is 19.5 Å². The molecule has 156 valence electrons. The molecule has 8 heteroatoms. The van der Waals surface area contributed by atoms with Gasteiger partial charge in [-0.3, -0.25) is 10.1 Å². The summed E-state index contributed by atoms with van der Waals surface area (Å²) in [5, 5.41) is 13.7. The van der Waals surface area contributed by atoms with Crippen molar-refractivity contribution in [2.24, 2.45) is 5.92 Å². The fraction of sp³-hybridized carbons (Fsp3) is 0.650. The summed E-state index contributed by atoms with van der Waals surface area (Å²) < 4.78 is 16.8. The summed E-state index contributed by atoms with van der Waals surface area (Å²) in [5.41, 5.74) is 0.189. The molecule has 8 nitrogen and oxygen atoms in total. The third kappa shape index (κ3) is 8.12. The lowest BCUT2D eigenvalue weighted by Gasteiger charge is -2.20. The Balaban J connectivity index is 1.76. The van der Waals surface area contributed by atoms with Crippen LogP contribution in [-0.2, 0) is 16.1 Å². The van der Waals surface area contributed by atoms with Crippen molar-refractivity contribution in [2.75, 3.05) is 13.2 Å². The minimum atomic E-state index is -0.517. The number of non-ortho nitro benzene ring substituents is 1. The molecule has 1 saturated carbocycles. The van der Waals surface area contributed by atoms with Crippen molar-refractivity contribution in [3.8, 4) is 5.75 Å². The predicted octanol–water partition coefficient (Wildman–Crippen LogP) is 4.20. The molecule has 0 spiro atoms. The normalized spacial score (nSPS) is 15.0. The standard InChI is InChI=1S/C20H30N2O6/c1-14(9-10-21-19(23)28-20(2,3)4)12-26-13-15-11-16(22(24)25)5-8-18(15)27-17-6-7-17/h5,8,11,14,17H,6-7,9-10,12-13H2,1-4H3,(H,21,23). The van der Waals surface area contributed by atoms with Gasteiger partial charge in [0.2, 0.25) is 0 Å². The number of hydrogen-bond donors (Lipinski definition) is 1. The molecule has 0 aromatic heterocycles. The fourth-order valence-corrected chi connectivity index (χ4v) is 2.46. The Morgan fingerprint density at radius 1 is 1.36 bits per heavy atom. The van der Waals surface area contributed by atoms with Gasteiger partial charge in [0, 0.05) is 30.8 Å². The summed E-state index contributed by atoms with van der Waals surface area (Å²) in [4.78, 5) is 22.2. The summed E-state index contributed by atoms with van der Waals surface area (Å²) in [6, 6.07) is 4.60. The maximum Gasteiger partial charge on any atom is 0.407 e. The first-order valence-electron chi connectivity index (χ1n) is 9.62. The maximum atomic E-state index is 11.6. The molecule has 28 heavy (non-hydrogen) atoms. The first-order chi connectivity index (χ1) is 13.1. The first-order valence-corrected chi connectivity index (χ1v) is 9.62. The summed E-state index contributed by atoms with van der Waals surface area (Å²) in [6.07, 6.45) is 2.54. The molecule has 1 aromatic rings. The number of nitro groups is 1. The van der Waals surface area contributed by atoms with Gasteiger partial charge in [0.25, 0.3) is 5.69 Å². The van der Waals surface area contributed by atoms with Crippen LogP contribution >= 0.6 is 0 Å². The molecular formula is C20H30N2O6. The third-order valence-electron chi connectivity index (χ3n) is 4.04. The molecule has 0 radical (unpaired) electrons.